The van der Waals surface area contributed by atoms with Crippen molar-refractivity contribution in [2.24, 2.45) is 0 Å². The summed E-state index contributed by atoms with van der Waals surface area (Å²) < 4.78 is 2.08. The predicted molar refractivity (Wildman–Crippen MR) is 119 cm³/mol. The van der Waals surface area contributed by atoms with Crippen molar-refractivity contribution in [1.82, 2.24) is 14.9 Å². The minimum absolute atomic E-state index is 0.0873. The quantitative estimate of drug-likeness (QED) is 0.496. The van der Waals surface area contributed by atoms with Gasteiger partial charge in [0.25, 0.3) is 5.91 Å². The Labute approximate surface area is 177 Å². The molecule has 3 aromatic carbocycles. The van der Waals surface area contributed by atoms with Crippen molar-refractivity contribution in [2.45, 2.75) is 26.4 Å². The van der Waals surface area contributed by atoms with Crippen LogP contribution in [0.15, 0.2) is 91.3 Å². The maximum atomic E-state index is 13.0. The molecule has 1 atom stereocenters. The first-order valence-electron chi connectivity index (χ1n) is 10.1. The van der Waals surface area contributed by atoms with Crippen LogP contribution in [0.1, 0.15) is 44.5 Å². The number of nitrogens with one attached hydrogen (secondary N) is 1. The fourth-order valence-corrected chi connectivity index (χ4v) is 3.60. The van der Waals surface area contributed by atoms with Gasteiger partial charge >= 0.3 is 0 Å². The Kier molecular flexibility index (Phi) is 5.75. The van der Waals surface area contributed by atoms with Gasteiger partial charge in [-0.1, -0.05) is 72.3 Å². The third-order valence-corrected chi connectivity index (χ3v) is 5.28. The molecule has 0 bridgehead atoms. The second-order valence-electron chi connectivity index (χ2n) is 7.53. The van der Waals surface area contributed by atoms with Crippen LogP contribution in [-0.2, 0) is 6.54 Å². The van der Waals surface area contributed by atoms with Gasteiger partial charge < -0.3 is 9.88 Å². The molecule has 4 heteroatoms. The zero-order valence-corrected chi connectivity index (χ0v) is 17.2. The molecule has 0 spiro atoms. The van der Waals surface area contributed by atoms with E-state index in [0.29, 0.717) is 5.56 Å². The number of carbonyl (C=O) groups excluding carboxylic acids is 1. The summed E-state index contributed by atoms with van der Waals surface area (Å²) >= 11 is 0. The second kappa shape index (κ2) is 8.78. The molecule has 0 saturated heterocycles. The Morgan fingerprint density at radius 1 is 0.933 bits per heavy atom. The lowest BCUT2D eigenvalue weighted by Gasteiger charge is -2.20. The van der Waals surface area contributed by atoms with E-state index in [9.17, 15) is 4.79 Å². The third kappa shape index (κ3) is 4.49. The van der Waals surface area contributed by atoms with E-state index in [1.54, 1.807) is 6.20 Å². The van der Waals surface area contributed by atoms with E-state index in [1.807, 2.05) is 73.8 Å². The first-order valence-corrected chi connectivity index (χ1v) is 10.1. The van der Waals surface area contributed by atoms with Crippen LogP contribution >= 0.6 is 0 Å². The summed E-state index contributed by atoms with van der Waals surface area (Å²) in [5, 5.41) is 3.21. The van der Waals surface area contributed by atoms with Gasteiger partial charge in [0, 0.05) is 24.5 Å². The molecule has 0 radical (unpaired) electrons. The fraction of sp³-hybridized carbons (Fsp3) is 0.154. The molecule has 4 rings (SSSR count). The first kappa shape index (κ1) is 19.6. The zero-order valence-electron chi connectivity index (χ0n) is 17.2. The SMILES string of the molecule is Cc1cccc([C@@H](NC(=O)c2ccc(Cn3ccnc3C)cc2)c2ccccc2)c1. The van der Waals surface area contributed by atoms with Gasteiger partial charge in [0.2, 0.25) is 0 Å². The molecule has 0 aliphatic rings. The number of carbonyl (C=O) groups is 1. The van der Waals surface area contributed by atoms with Crippen molar-refractivity contribution < 1.29 is 4.79 Å². The molecule has 1 heterocycles. The number of benzene rings is 3. The summed E-state index contributed by atoms with van der Waals surface area (Å²) in [5.41, 5.74) is 5.08. The van der Waals surface area contributed by atoms with Gasteiger partial charge in [-0.2, -0.15) is 0 Å². The summed E-state index contributed by atoms with van der Waals surface area (Å²) in [5.74, 6) is 0.886. The predicted octanol–water partition coefficient (Wildman–Crippen LogP) is 5.07. The number of aryl methyl sites for hydroxylation is 2. The average molecular weight is 396 g/mol. The third-order valence-electron chi connectivity index (χ3n) is 5.28. The molecule has 0 saturated carbocycles. The lowest BCUT2D eigenvalue weighted by Crippen LogP contribution is -2.29. The Morgan fingerprint density at radius 3 is 2.33 bits per heavy atom. The summed E-state index contributed by atoms with van der Waals surface area (Å²) in [6.07, 6.45) is 3.76. The molecule has 1 amide bonds. The second-order valence-corrected chi connectivity index (χ2v) is 7.53. The van der Waals surface area contributed by atoms with E-state index in [4.69, 9.17) is 0 Å². The van der Waals surface area contributed by atoms with Crippen LogP contribution in [-0.4, -0.2) is 15.5 Å². The monoisotopic (exact) mass is 395 g/mol. The Morgan fingerprint density at radius 2 is 1.67 bits per heavy atom. The van der Waals surface area contributed by atoms with Crippen LogP contribution < -0.4 is 5.32 Å². The van der Waals surface area contributed by atoms with Crippen LogP contribution in [0.3, 0.4) is 0 Å². The van der Waals surface area contributed by atoms with Crippen molar-refractivity contribution in [3.63, 3.8) is 0 Å². The highest BCUT2D eigenvalue weighted by molar-refractivity contribution is 5.94. The zero-order chi connectivity index (χ0) is 20.9. The number of amides is 1. The Balaban J connectivity index is 1.54. The number of hydrogen-bond acceptors (Lipinski definition) is 2. The molecule has 1 aromatic heterocycles. The van der Waals surface area contributed by atoms with Crippen LogP contribution in [0, 0.1) is 13.8 Å². The molecule has 4 nitrogen and oxygen atoms in total. The van der Waals surface area contributed by atoms with Crippen LogP contribution in [0.2, 0.25) is 0 Å². The minimum atomic E-state index is -0.202. The largest absolute Gasteiger partial charge is 0.341 e. The van der Waals surface area contributed by atoms with E-state index in [2.05, 4.69) is 40.0 Å². The summed E-state index contributed by atoms with van der Waals surface area (Å²) in [4.78, 5) is 17.3. The normalized spacial score (nSPS) is 11.8. The van der Waals surface area contributed by atoms with Gasteiger partial charge in [0.15, 0.2) is 0 Å². The summed E-state index contributed by atoms with van der Waals surface area (Å²) in [6.45, 7) is 4.79. The number of rotatable bonds is 6. The Bertz CT molecular complexity index is 1130. The molecule has 0 aliphatic heterocycles. The number of hydrogen-bond donors (Lipinski definition) is 1. The number of nitrogens with zero attached hydrogens (tertiary/aromatic N) is 2. The molecule has 150 valence electrons. The molecular formula is C26H25N3O. The van der Waals surface area contributed by atoms with Crippen molar-refractivity contribution >= 4 is 5.91 Å². The van der Waals surface area contributed by atoms with Gasteiger partial charge in [0.1, 0.15) is 5.82 Å². The van der Waals surface area contributed by atoms with Crippen LogP contribution in [0.5, 0.6) is 0 Å². The topological polar surface area (TPSA) is 46.9 Å². The summed E-state index contributed by atoms with van der Waals surface area (Å²) in [7, 11) is 0. The van der Waals surface area contributed by atoms with Gasteiger partial charge in [-0.3, -0.25) is 4.79 Å². The molecule has 0 fully saturated rings. The van der Waals surface area contributed by atoms with E-state index in [1.165, 1.54) is 5.56 Å². The van der Waals surface area contributed by atoms with Crippen LogP contribution in [0.25, 0.3) is 0 Å². The van der Waals surface area contributed by atoms with E-state index in [-0.39, 0.29) is 11.9 Å². The maximum Gasteiger partial charge on any atom is 0.252 e. The van der Waals surface area contributed by atoms with Crippen molar-refractivity contribution in [1.29, 1.82) is 0 Å². The lowest BCUT2D eigenvalue weighted by molar-refractivity contribution is 0.0943. The highest BCUT2D eigenvalue weighted by atomic mass is 16.1. The molecule has 1 N–H and O–H groups in total. The van der Waals surface area contributed by atoms with Gasteiger partial charge in [-0.25, -0.2) is 4.98 Å². The number of aromatic nitrogens is 2. The van der Waals surface area contributed by atoms with Crippen molar-refractivity contribution in [2.75, 3.05) is 0 Å². The molecule has 30 heavy (non-hydrogen) atoms. The maximum absolute atomic E-state index is 13.0. The Hall–Kier alpha value is -3.66. The fourth-order valence-electron chi connectivity index (χ4n) is 3.60. The minimum Gasteiger partial charge on any atom is -0.341 e. The van der Waals surface area contributed by atoms with Crippen molar-refractivity contribution in [3.05, 3.63) is 125 Å². The number of imidazole rings is 1. The van der Waals surface area contributed by atoms with Crippen molar-refractivity contribution in [3.8, 4) is 0 Å². The standard InChI is InChI=1S/C26H25N3O/c1-19-7-6-10-24(17-19)25(22-8-4-3-5-9-22)28-26(30)23-13-11-21(12-14-23)18-29-16-15-27-20(29)2/h3-17,25H,18H2,1-2H3,(H,28,30)/t25-/m0/s1. The lowest BCUT2D eigenvalue weighted by atomic mass is 9.97. The smallest absolute Gasteiger partial charge is 0.252 e. The van der Waals surface area contributed by atoms with E-state index >= 15 is 0 Å². The van der Waals surface area contributed by atoms with Gasteiger partial charge in [0.05, 0.1) is 6.04 Å². The molecular weight excluding hydrogens is 370 g/mol. The summed E-state index contributed by atoms with van der Waals surface area (Å²) in [6, 6.07) is 25.9. The highest BCUT2D eigenvalue weighted by Gasteiger charge is 2.18. The van der Waals surface area contributed by atoms with E-state index in [0.717, 1.165) is 29.1 Å². The molecule has 0 unspecified atom stereocenters. The van der Waals surface area contributed by atoms with Gasteiger partial charge in [-0.05, 0) is 42.7 Å². The first-order chi connectivity index (χ1) is 14.6. The molecule has 4 aromatic rings. The molecule has 0 aliphatic carbocycles. The van der Waals surface area contributed by atoms with E-state index < -0.39 is 0 Å². The highest BCUT2D eigenvalue weighted by Crippen LogP contribution is 2.23. The van der Waals surface area contributed by atoms with Gasteiger partial charge in [-0.15, -0.1) is 0 Å². The van der Waals surface area contributed by atoms with Crippen LogP contribution in [0.4, 0.5) is 0 Å². The average Bonchev–Trinajstić information content (AvgIpc) is 3.17.